The highest BCUT2D eigenvalue weighted by molar-refractivity contribution is 5.80. The van der Waals surface area contributed by atoms with E-state index in [1.165, 1.54) is 0 Å². The van der Waals surface area contributed by atoms with E-state index in [4.69, 9.17) is 0 Å². The van der Waals surface area contributed by atoms with Crippen molar-refractivity contribution in [2.75, 3.05) is 5.32 Å². The summed E-state index contributed by atoms with van der Waals surface area (Å²) in [6.45, 7) is 2.11. The molecule has 1 unspecified atom stereocenters. The third-order valence-electron chi connectivity index (χ3n) is 3.15. The number of benzene rings is 1. The number of fused-ring (bicyclic) bond motifs is 1. The first-order valence-electron chi connectivity index (χ1n) is 6.35. The molecule has 2 heterocycles. The molecule has 0 saturated heterocycles. The molecule has 1 atom stereocenters. The monoisotopic (exact) mass is 249 g/mol. The van der Waals surface area contributed by atoms with E-state index in [0.29, 0.717) is 0 Å². The lowest BCUT2D eigenvalue weighted by molar-refractivity contribution is 0.868. The molecule has 0 radical (unpaired) electrons. The topological polar surface area (TPSA) is 37.8 Å². The number of pyridine rings is 2. The van der Waals surface area contributed by atoms with Gasteiger partial charge in [-0.25, -0.2) is 4.98 Å². The summed E-state index contributed by atoms with van der Waals surface area (Å²) in [6.07, 6.45) is 3.66. The molecule has 0 aliphatic rings. The largest absolute Gasteiger partial charge is 0.363 e. The van der Waals surface area contributed by atoms with Crippen LogP contribution in [-0.4, -0.2) is 9.97 Å². The Bertz CT molecular complexity index is 680. The van der Waals surface area contributed by atoms with E-state index in [-0.39, 0.29) is 6.04 Å². The highest BCUT2D eigenvalue weighted by Gasteiger charge is 2.06. The van der Waals surface area contributed by atoms with Crippen molar-refractivity contribution in [3.63, 3.8) is 0 Å². The van der Waals surface area contributed by atoms with Crippen LogP contribution in [0.4, 0.5) is 5.82 Å². The van der Waals surface area contributed by atoms with Crippen LogP contribution in [0.2, 0.25) is 0 Å². The second kappa shape index (κ2) is 5.06. The summed E-state index contributed by atoms with van der Waals surface area (Å²) in [5, 5.41) is 4.55. The molecule has 3 rings (SSSR count). The van der Waals surface area contributed by atoms with Gasteiger partial charge >= 0.3 is 0 Å². The minimum Gasteiger partial charge on any atom is -0.363 e. The van der Waals surface area contributed by atoms with Crippen LogP contribution in [0.1, 0.15) is 18.5 Å². The van der Waals surface area contributed by atoms with Crippen LogP contribution in [0, 0.1) is 0 Å². The quantitative estimate of drug-likeness (QED) is 0.767. The predicted molar refractivity (Wildman–Crippen MR) is 78.0 cm³/mol. The summed E-state index contributed by atoms with van der Waals surface area (Å²) in [7, 11) is 0. The standard InChI is InChI=1S/C16H15N3/c1-12(14-6-4-10-17-11-14)18-16-9-8-13-5-2-3-7-15(13)19-16/h2-12H,1H3,(H,18,19). The fraction of sp³-hybridized carbons (Fsp3) is 0.125. The number of anilines is 1. The molecule has 0 fully saturated rings. The van der Waals surface area contributed by atoms with E-state index in [9.17, 15) is 0 Å². The smallest absolute Gasteiger partial charge is 0.127 e. The van der Waals surface area contributed by atoms with Gasteiger partial charge in [0.05, 0.1) is 11.6 Å². The van der Waals surface area contributed by atoms with E-state index in [2.05, 4.69) is 40.4 Å². The zero-order chi connectivity index (χ0) is 13.1. The molecule has 94 valence electrons. The molecular weight excluding hydrogens is 234 g/mol. The van der Waals surface area contributed by atoms with Crippen molar-refractivity contribution in [3.8, 4) is 0 Å². The summed E-state index contributed by atoms with van der Waals surface area (Å²) in [5.74, 6) is 0.884. The molecule has 3 nitrogen and oxygen atoms in total. The van der Waals surface area contributed by atoms with Crippen molar-refractivity contribution in [1.82, 2.24) is 9.97 Å². The van der Waals surface area contributed by atoms with Gasteiger partial charge in [0, 0.05) is 17.8 Å². The maximum atomic E-state index is 4.61. The van der Waals surface area contributed by atoms with Crippen LogP contribution in [0.5, 0.6) is 0 Å². The summed E-state index contributed by atoms with van der Waals surface area (Å²) < 4.78 is 0. The van der Waals surface area contributed by atoms with Crippen molar-refractivity contribution in [2.24, 2.45) is 0 Å². The van der Waals surface area contributed by atoms with Crippen LogP contribution in [0.25, 0.3) is 10.9 Å². The lowest BCUT2D eigenvalue weighted by Gasteiger charge is -2.14. The molecule has 0 saturated carbocycles. The van der Waals surface area contributed by atoms with Crippen LogP contribution < -0.4 is 5.32 Å². The fourth-order valence-corrected chi connectivity index (χ4v) is 2.08. The number of hydrogen-bond acceptors (Lipinski definition) is 3. The minimum absolute atomic E-state index is 0.183. The zero-order valence-electron chi connectivity index (χ0n) is 10.7. The summed E-state index contributed by atoms with van der Waals surface area (Å²) in [5.41, 5.74) is 2.16. The summed E-state index contributed by atoms with van der Waals surface area (Å²) in [4.78, 5) is 8.75. The van der Waals surface area contributed by atoms with Crippen molar-refractivity contribution in [2.45, 2.75) is 13.0 Å². The Hall–Kier alpha value is -2.42. The van der Waals surface area contributed by atoms with Crippen LogP contribution in [-0.2, 0) is 0 Å². The first-order valence-corrected chi connectivity index (χ1v) is 6.35. The van der Waals surface area contributed by atoms with Crippen molar-refractivity contribution in [3.05, 3.63) is 66.5 Å². The second-order valence-electron chi connectivity index (χ2n) is 4.54. The first kappa shape index (κ1) is 11.7. The molecule has 0 spiro atoms. The number of nitrogens with one attached hydrogen (secondary N) is 1. The van der Waals surface area contributed by atoms with E-state index in [0.717, 1.165) is 22.3 Å². The van der Waals surface area contributed by atoms with Gasteiger partial charge in [0.1, 0.15) is 5.82 Å². The first-order chi connectivity index (χ1) is 9.33. The predicted octanol–water partition coefficient (Wildman–Crippen LogP) is 3.80. The molecule has 2 aromatic heterocycles. The average Bonchev–Trinajstić information content (AvgIpc) is 2.48. The fourth-order valence-electron chi connectivity index (χ4n) is 2.08. The second-order valence-corrected chi connectivity index (χ2v) is 4.54. The maximum absolute atomic E-state index is 4.61. The Balaban J connectivity index is 1.85. The number of rotatable bonds is 3. The van der Waals surface area contributed by atoms with Crippen molar-refractivity contribution in [1.29, 1.82) is 0 Å². The molecule has 1 aromatic carbocycles. The molecular formula is C16H15N3. The van der Waals surface area contributed by atoms with Gasteiger partial charge in [-0.15, -0.1) is 0 Å². The third kappa shape index (κ3) is 2.55. The summed E-state index contributed by atoms with van der Waals surface area (Å²) in [6, 6.07) is 16.4. The van der Waals surface area contributed by atoms with E-state index >= 15 is 0 Å². The molecule has 3 heteroatoms. The van der Waals surface area contributed by atoms with Crippen molar-refractivity contribution < 1.29 is 0 Å². The Morgan fingerprint density at radius 3 is 2.74 bits per heavy atom. The van der Waals surface area contributed by atoms with Gasteiger partial charge in [-0.05, 0) is 36.8 Å². The normalized spacial score (nSPS) is 12.3. The van der Waals surface area contributed by atoms with Gasteiger partial charge in [0.15, 0.2) is 0 Å². The maximum Gasteiger partial charge on any atom is 0.127 e. The Kier molecular flexibility index (Phi) is 3.11. The average molecular weight is 249 g/mol. The molecule has 0 aliphatic heterocycles. The molecule has 1 N–H and O–H groups in total. The van der Waals surface area contributed by atoms with E-state index < -0.39 is 0 Å². The van der Waals surface area contributed by atoms with Crippen LogP contribution in [0.3, 0.4) is 0 Å². The lowest BCUT2D eigenvalue weighted by Crippen LogP contribution is -2.07. The van der Waals surface area contributed by atoms with E-state index in [1.807, 2.05) is 36.5 Å². The molecule has 0 amide bonds. The van der Waals surface area contributed by atoms with Gasteiger partial charge in [-0.1, -0.05) is 24.3 Å². The van der Waals surface area contributed by atoms with Crippen molar-refractivity contribution >= 4 is 16.7 Å². The molecule has 19 heavy (non-hydrogen) atoms. The summed E-state index contributed by atoms with van der Waals surface area (Å²) >= 11 is 0. The Morgan fingerprint density at radius 1 is 1.00 bits per heavy atom. The van der Waals surface area contributed by atoms with Crippen LogP contribution >= 0.6 is 0 Å². The molecule has 3 aromatic rings. The Morgan fingerprint density at radius 2 is 1.89 bits per heavy atom. The van der Waals surface area contributed by atoms with Gasteiger partial charge in [-0.3, -0.25) is 4.98 Å². The van der Waals surface area contributed by atoms with Gasteiger partial charge in [0.2, 0.25) is 0 Å². The SMILES string of the molecule is CC(Nc1ccc2ccccc2n1)c1cccnc1. The number of hydrogen-bond donors (Lipinski definition) is 1. The highest BCUT2D eigenvalue weighted by Crippen LogP contribution is 2.19. The van der Waals surface area contributed by atoms with Crippen LogP contribution in [0.15, 0.2) is 60.9 Å². The van der Waals surface area contributed by atoms with Gasteiger partial charge in [0.25, 0.3) is 0 Å². The zero-order valence-corrected chi connectivity index (χ0v) is 10.7. The molecule has 0 aliphatic carbocycles. The Labute approximate surface area is 112 Å². The minimum atomic E-state index is 0.183. The number of nitrogens with zero attached hydrogens (tertiary/aromatic N) is 2. The number of para-hydroxylation sites is 1. The van der Waals surface area contributed by atoms with E-state index in [1.54, 1.807) is 6.20 Å². The lowest BCUT2D eigenvalue weighted by atomic mass is 10.1. The number of aromatic nitrogens is 2. The molecule has 0 bridgehead atoms. The van der Waals surface area contributed by atoms with Gasteiger partial charge < -0.3 is 5.32 Å². The third-order valence-corrected chi connectivity index (χ3v) is 3.15. The van der Waals surface area contributed by atoms with Gasteiger partial charge in [-0.2, -0.15) is 0 Å². The highest BCUT2D eigenvalue weighted by atomic mass is 15.0.